The maximum Gasteiger partial charge on any atom is 0.165 e. The molecule has 7 heteroatoms. The Kier molecular flexibility index (Phi) is 4.31. The number of piperidine rings is 1. The second kappa shape index (κ2) is 6.08. The van der Waals surface area contributed by atoms with Gasteiger partial charge in [0.25, 0.3) is 0 Å². The quantitative estimate of drug-likeness (QED) is 0.849. The van der Waals surface area contributed by atoms with Gasteiger partial charge in [0.15, 0.2) is 11.6 Å². The maximum atomic E-state index is 13.6. The fourth-order valence-electron chi connectivity index (χ4n) is 2.77. The molecule has 0 aromatic heterocycles. The lowest BCUT2D eigenvalue weighted by molar-refractivity contribution is -0.168. The number of rotatable bonds is 4. The first kappa shape index (κ1) is 15.6. The lowest BCUT2D eigenvalue weighted by atomic mass is 9.89. The van der Waals surface area contributed by atoms with Gasteiger partial charge in [0.1, 0.15) is 18.0 Å². The van der Waals surface area contributed by atoms with Gasteiger partial charge in [0.2, 0.25) is 0 Å². The van der Waals surface area contributed by atoms with Crippen LogP contribution in [0.4, 0.5) is 8.78 Å². The van der Waals surface area contributed by atoms with Crippen LogP contribution in [0.2, 0.25) is 0 Å². The zero-order valence-electron chi connectivity index (χ0n) is 12.0. The van der Waals surface area contributed by atoms with Crippen molar-refractivity contribution in [3.05, 3.63) is 29.8 Å². The van der Waals surface area contributed by atoms with Crippen LogP contribution in [-0.4, -0.2) is 65.8 Å². The van der Waals surface area contributed by atoms with Gasteiger partial charge in [-0.25, -0.2) is 8.78 Å². The van der Waals surface area contributed by atoms with Gasteiger partial charge >= 0.3 is 0 Å². The van der Waals surface area contributed by atoms with E-state index >= 15 is 0 Å². The van der Waals surface area contributed by atoms with Crippen LogP contribution in [0.1, 0.15) is 6.42 Å². The Morgan fingerprint density at radius 2 is 2.14 bits per heavy atom. The lowest BCUT2D eigenvalue weighted by Crippen LogP contribution is -2.64. The molecule has 0 unspecified atom stereocenters. The van der Waals surface area contributed by atoms with E-state index < -0.39 is 23.3 Å². The molecule has 1 aromatic carbocycles. The minimum atomic E-state index is -1.52. The summed E-state index contributed by atoms with van der Waals surface area (Å²) in [4.78, 5) is 2.03. The largest absolute Gasteiger partial charge is 0.487 e. The van der Waals surface area contributed by atoms with Gasteiger partial charge < -0.3 is 19.7 Å². The van der Waals surface area contributed by atoms with Crippen molar-refractivity contribution < 1.29 is 28.5 Å². The average Bonchev–Trinajstić information content (AvgIpc) is 2.42. The molecule has 0 radical (unpaired) electrons. The molecule has 0 amide bonds. The summed E-state index contributed by atoms with van der Waals surface area (Å²) in [6, 6.07) is 3.10. The summed E-state index contributed by atoms with van der Waals surface area (Å²) in [5.41, 5.74) is -1.52. The van der Waals surface area contributed by atoms with E-state index in [1.807, 2.05) is 4.90 Å². The van der Waals surface area contributed by atoms with Gasteiger partial charge in [0.05, 0.1) is 25.4 Å². The fourth-order valence-corrected chi connectivity index (χ4v) is 2.77. The van der Waals surface area contributed by atoms with Gasteiger partial charge in [-0.1, -0.05) is 0 Å². The molecule has 2 atom stereocenters. The van der Waals surface area contributed by atoms with Crippen molar-refractivity contribution in [2.24, 2.45) is 0 Å². The molecule has 122 valence electrons. The second-order valence-corrected chi connectivity index (χ2v) is 5.93. The van der Waals surface area contributed by atoms with Crippen molar-refractivity contribution in [3.63, 3.8) is 0 Å². The van der Waals surface area contributed by atoms with Gasteiger partial charge in [-0.15, -0.1) is 0 Å². The molecule has 22 heavy (non-hydrogen) atoms. The number of hydrogen-bond acceptors (Lipinski definition) is 5. The van der Waals surface area contributed by atoms with Crippen LogP contribution in [0.25, 0.3) is 0 Å². The smallest absolute Gasteiger partial charge is 0.165 e. The van der Waals surface area contributed by atoms with Crippen LogP contribution in [0.15, 0.2) is 18.2 Å². The molecule has 0 saturated carbocycles. The summed E-state index contributed by atoms with van der Waals surface area (Å²) in [7, 11) is 0. The van der Waals surface area contributed by atoms with Crippen LogP contribution in [0, 0.1) is 11.6 Å². The van der Waals surface area contributed by atoms with E-state index in [1.165, 1.54) is 0 Å². The van der Waals surface area contributed by atoms with E-state index in [4.69, 9.17) is 9.47 Å². The van der Waals surface area contributed by atoms with Crippen LogP contribution in [0.5, 0.6) is 5.75 Å². The maximum absolute atomic E-state index is 13.6. The predicted molar refractivity (Wildman–Crippen MR) is 73.6 cm³/mol. The highest BCUT2D eigenvalue weighted by Crippen LogP contribution is 2.27. The molecule has 0 bridgehead atoms. The molecule has 2 aliphatic rings. The molecular formula is C15H19F2NO4. The number of hydrogen-bond donors (Lipinski definition) is 2. The van der Waals surface area contributed by atoms with E-state index in [0.29, 0.717) is 26.2 Å². The third-order valence-corrected chi connectivity index (χ3v) is 4.29. The summed E-state index contributed by atoms with van der Waals surface area (Å²) in [5.74, 6) is -1.61. The number of aliphatic hydroxyl groups excluding tert-OH is 1. The van der Waals surface area contributed by atoms with Gasteiger partial charge in [-0.2, -0.15) is 0 Å². The van der Waals surface area contributed by atoms with E-state index in [9.17, 15) is 19.0 Å². The molecule has 2 saturated heterocycles. The van der Waals surface area contributed by atoms with Gasteiger partial charge in [-0.05, 0) is 18.6 Å². The number of ether oxygens (including phenoxy) is 2. The van der Waals surface area contributed by atoms with Crippen molar-refractivity contribution in [1.82, 2.24) is 4.90 Å². The van der Waals surface area contributed by atoms with E-state index in [1.54, 1.807) is 0 Å². The van der Waals surface area contributed by atoms with Crippen LogP contribution >= 0.6 is 0 Å². The minimum absolute atomic E-state index is 0.207. The Hall–Kier alpha value is -1.28. The minimum Gasteiger partial charge on any atom is -0.487 e. The molecule has 5 nitrogen and oxygen atoms in total. The van der Waals surface area contributed by atoms with Crippen LogP contribution in [0.3, 0.4) is 0 Å². The predicted octanol–water partition coefficient (Wildman–Crippen LogP) is 0.540. The van der Waals surface area contributed by atoms with Gasteiger partial charge in [-0.3, -0.25) is 4.90 Å². The molecule has 0 aliphatic carbocycles. The Morgan fingerprint density at radius 1 is 1.36 bits per heavy atom. The summed E-state index contributed by atoms with van der Waals surface area (Å²) in [5, 5.41) is 20.7. The number of aliphatic hydroxyl groups is 2. The zero-order chi connectivity index (χ0) is 15.7. The van der Waals surface area contributed by atoms with Crippen molar-refractivity contribution in [3.8, 4) is 5.75 Å². The molecule has 3 rings (SSSR count). The number of nitrogens with zero attached hydrogens (tertiary/aromatic N) is 1. The highest BCUT2D eigenvalue weighted by molar-refractivity contribution is 5.25. The Morgan fingerprint density at radius 3 is 2.82 bits per heavy atom. The summed E-state index contributed by atoms with van der Waals surface area (Å²) in [6.45, 7) is 1.76. The average molecular weight is 315 g/mol. The third kappa shape index (κ3) is 3.08. The molecule has 0 spiro atoms. The van der Waals surface area contributed by atoms with Crippen molar-refractivity contribution in [2.45, 2.75) is 24.2 Å². The molecule has 2 N–H and O–H groups in total. The second-order valence-electron chi connectivity index (χ2n) is 5.93. The number of likely N-dealkylation sites (tertiary alicyclic amines) is 1. The molecule has 1 aromatic rings. The van der Waals surface area contributed by atoms with Crippen LogP contribution < -0.4 is 4.74 Å². The first-order chi connectivity index (χ1) is 10.5. The Bertz CT molecular complexity index is 540. The number of halogens is 2. The standard InChI is InChI=1S/C15H19F2NO4/c16-10-1-2-12(17)13(5-10)22-9-15(20)8-18(4-3-14(15)19)11-6-21-7-11/h1-2,5,11,14,19-20H,3-4,6-9H2/t14-,15-/m0/s1. The van der Waals surface area contributed by atoms with Crippen LogP contribution in [-0.2, 0) is 4.74 Å². The Labute approximate surface area is 127 Å². The monoisotopic (exact) mass is 315 g/mol. The van der Waals surface area contributed by atoms with Crippen molar-refractivity contribution >= 4 is 0 Å². The first-order valence-electron chi connectivity index (χ1n) is 7.28. The summed E-state index contributed by atoms with van der Waals surface area (Å²) >= 11 is 0. The van der Waals surface area contributed by atoms with Gasteiger partial charge in [0, 0.05) is 19.2 Å². The normalized spacial score (nSPS) is 30.1. The molecule has 2 heterocycles. The van der Waals surface area contributed by atoms with E-state index in [-0.39, 0.29) is 24.9 Å². The first-order valence-corrected chi connectivity index (χ1v) is 7.28. The van der Waals surface area contributed by atoms with Crippen molar-refractivity contribution in [2.75, 3.05) is 32.9 Å². The Balaban J connectivity index is 1.66. The summed E-state index contributed by atoms with van der Waals surface area (Å²) < 4.78 is 37.0. The zero-order valence-corrected chi connectivity index (χ0v) is 12.0. The van der Waals surface area contributed by atoms with E-state index in [2.05, 4.69) is 0 Å². The summed E-state index contributed by atoms with van der Waals surface area (Å²) in [6.07, 6.45) is -0.580. The van der Waals surface area contributed by atoms with E-state index in [0.717, 1.165) is 18.2 Å². The number of benzene rings is 1. The number of β-amino-alcohol motifs (C(OH)–C–C–N with tert-alkyl or cyclic N) is 1. The SMILES string of the molecule is O[C@H]1CCN(C2COC2)C[C@]1(O)COc1cc(F)ccc1F. The molecule has 2 fully saturated rings. The van der Waals surface area contributed by atoms with Crippen molar-refractivity contribution in [1.29, 1.82) is 0 Å². The topological polar surface area (TPSA) is 62.2 Å². The molecule has 2 aliphatic heterocycles. The fraction of sp³-hybridized carbons (Fsp3) is 0.600. The highest BCUT2D eigenvalue weighted by atomic mass is 19.1. The lowest BCUT2D eigenvalue weighted by Gasteiger charge is -2.47. The highest BCUT2D eigenvalue weighted by Gasteiger charge is 2.44. The molecular weight excluding hydrogens is 296 g/mol. The third-order valence-electron chi connectivity index (χ3n) is 4.29.